The molecule has 11 aromatic carbocycles. The lowest BCUT2D eigenvalue weighted by Crippen LogP contribution is -1.93. The molecule has 1 aromatic heterocycles. The lowest BCUT2D eigenvalue weighted by atomic mass is 9.82. The van der Waals surface area contributed by atoms with Crippen LogP contribution in [0.2, 0.25) is 0 Å². The van der Waals surface area contributed by atoms with Crippen LogP contribution in [0.3, 0.4) is 0 Å². The topological polar surface area (TPSA) is 0 Å². The molecule has 0 aliphatic carbocycles. The maximum Gasteiger partial charge on any atom is 0.0361 e. The van der Waals surface area contributed by atoms with Gasteiger partial charge in [0.1, 0.15) is 0 Å². The average Bonchev–Trinajstić information content (AvgIpc) is 3.67. The Bertz CT molecular complexity index is 3450. The second-order valence-electron chi connectivity index (χ2n) is 15.0. The summed E-state index contributed by atoms with van der Waals surface area (Å²) in [5, 5.41) is 15.3. The predicted octanol–water partition coefficient (Wildman–Crippen LogP) is 16.5. The van der Waals surface area contributed by atoms with E-state index in [-0.39, 0.29) is 0 Å². The Morgan fingerprint density at radius 3 is 1.04 bits per heavy atom. The number of rotatable bonds is 4. The number of hydrogen-bond donors (Lipinski definition) is 0. The van der Waals surface area contributed by atoms with Crippen LogP contribution in [-0.2, 0) is 0 Å². The van der Waals surface area contributed by atoms with Crippen molar-refractivity contribution in [1.82, 2.24) is 0 Å². The minimum absolute atomic E-state index is 1.24. The van der Waals surface area contributed by atoms with Gasteiger partial charge in [-0.3, -0.25) is 0 Å². The van der Waals surface area contributed by atoms with Crippen molar-refractivity contribution in [3.05, 3.63) is 206 Å². The zero-order chi connectivity index (χ0) is 37.5. The third-order valence-corrected chi connectivity index (χ3v) is 13.2. The molecule has 0 amide bonds. The first-order chi connectivity index (χ1) is 28.3. The summed E-state index contributed by atoms with van der Waals surface area (Å²) in [6.07, 6.45) is 0. The molecule has 0 fully saturated rings. The van der Waals surface area contributed by atoms with Gasteiger partial charge in [-0.1, -0.05) is 194 Å². The highest BCUT2D eigenvalue weighted by molar-refractivity contribution is 7.26. The summed E-state index contributed by atoms with van der Waals surface area (Å²) < 4.78 is 2.60. The molecule has 0 bridgehead atoms. The predicted molar refractivity (Wildman–Crippen MR) is 249 cm³/mol. The highest BCUT2D eigenvalue weighted by Gasteiger charge is 2.23. The molecular formula is C56H34S. The van der Waals surface area contributed by atoms with Crippen molar-refractivity contribution in [3.63, 3.8) is 0 Å². The van der Waals surface area contributed by atoms with Crippen LogP contribution in [0.25, 0.3) is 119 Å². The van der Waals surface area contributed by atoms with E-state index in [1.807, 2.05) is 11.3 Å². The van der Waals surface area contributed by atoms with Gasteiger partial charge < -0.3 is 0 Å². The lowest BCUT2D eigenvalue weighted by molar-refractivity contribution is 1.67. The van der Waals surface area contributed by atoms with Crippen molar-refractivity contribution in [2.24, 2.45) is 0 Å². The van der Waals surface area contributed by atoms with Crippen molar-refractivity contribution in [3.8, 4) is 44.5 Å². The van der Waals surface area contributed by atoms with Crippen LogP contribution in [0, 0.1) is 0 Å². The van der Waals surface area contributed by atoms with E-state index in [2.05, 4.69) is 206 Å². The monoisotopic (exact) mass is 738 g/mol. The molecule has 264 valence electrons. The molecule has 0 unspecified atom stereocenters. The third kappa shape index (κ3) is 4.80. The smallest absolute Gasteiger partial charge is 0.0361 e. The van der Waals surface area contributed by atoms with Gasteiger partial charge in [-0.2, -0.15) is 0 Å². The van der Waals surface area contributed by atoms with E-state index in [1.54, 1.807) is 0 Å². The zero-order valence-electron chi connectivity index (χ0n) is 31.0. The largest absolute Gasteiger partial charge is 0.135 e. The van der Waals surface area contributed by atoms with E-state index in [0.717, 1.165) is 0 Å². The van der Waals surface area contributed by atoms with Crippen LogP contribution in [0.15, 0.2) is 206 Å². The molecule has 12 rings (SSSR count). The first-order valence-electron chi connectivity index (χ1n) is 19.7. The van der Waals surface area contributed by atoms with Gasteiger partial charge in [-0.05, 0) is 111 Å². The molecule has 1 heterocycles. The normalized spacial score (nSPS) is 11.9. The minimum atomic E-state index is 1.24. The van der Waals surface area contributed by atoms with Crippen molar-refractivity contribution >= 4 is 85.4 Å². The van der Waals surface area contributed by atoms with E-state index < -0.39 is 0 Å². The highest BCUT2D eigenvalue weighted by Crippen LogP contribution is 2.52. The van der Waals surface area contributed by atoms with Gasteiger partial charge in [0.05, 0.1) is 0 Å². The summed E-state index contributed by atoms with van der Waals surface area (Å²) in [6, 6.07) is 76.4. The quantitative estimate of drug-likeness (QED) is 0.158. The fourth-order valence-corrected chi connectivity index (χ4v) is 10.9. The molecule has 0 spiro atoms. The van der Waals surface area contributed by atoms with Crippen LogP contribution in [0.5, 0.6) is 0 Å². The average molecular weight is 739 g/mol. The molecule has 12 aromatic rings. The standard InChI is InChI=1S/C56H34S/c1-2-18-36(19-3-1)51-39-22-6-8-24-41(39)53(42-25-9-7-23-40(42)51)47-31-15-33-49-55(47)56-48(32-16-34-50(56)57-49)54-45-28-12-10-26-43(45)52(44-27-11-13-29-46(44)54)38-30-14-20-35-17-4-5-21-37(35)38/h1-34H. The van der Waals surface area contributed by atoms with Gasteiger partial charge in [-0.15, -0.1) is 11.3 Å². The van der Waals surface area contributed by atoms with Crippen LogP contribution < -0.4 is 0 Å². The van der Waals surface area contributed by atoms with Crippen molar-refractivity contribution in [2.45, 2.75) is 0 Å². The Morgan fingerprint density at radius 2 is 0.561 bits per heavy atom. The van der Waals surface area contributed by atoms with Gasteiger partial charge in [0.15, 0.2) is 0 Å². The van der Waals surface area contributed by atoms with E-state index in [4.69, 9.17) is 0 Å². The zero-order valence-corrected chi connectivity index (χ0v) is 31.9. The molecule has 0 aliphatic rings. The summed E-state index contributed by atoms with van der Waals surface area (Å²) in [5.41, 5.74) is 10.2. The molecule has 0 aliphatic heterocycles. The molecule has 1 heteroatoms. The van der Waals surface area contributed by atoms with Gasteiger partial charge in [0, 0.05) is 20.2 Å². The number of benzene rings is 11. The molecule has 0 saturated heterocycles. The van der Waals surface area contributed by atoms with Gasteiger partial charge in [-0.25, -0.2) is 0 Å². The SMILES string of the molecule is c1ccc(-c2c3ccccc3c(-c3cccc4sc5cccc(-c6c7ccccc7c(-c7cccc8ccccc78)c7ccccc67)c5c34)c3ccccc23)cc1. The van der Waals surface area contributed by atoms with Crippen molar-refractivity contribution < 1.29 is 0 Å². The lowest BCUT2D eigenvalue weighted by Gasteiger charge is -2.20. The van der Waals surface area contributed by atoms with Crippen LogP contribution in [0.1, 0.15) is 0 Å². The van der Waals surface area contributed by atoms with Crippen molar-refractivity contribution in [2.75, 3.05) is 0 Å². The number of hydrogen-bond acceptors (Lipinski definition) is 1. The summed E-state index contributed by atoms with van der Waals surface area (Å²) in [4.78, 5) is 0. The maximum absolute atomic E-state index is 2.37. The molecule has 0 saturated carbocycles. The fourth-order valence-electron chi connectivity index (χ4n) is 9.77. The third-order valence-electron chi connectivity index (χ3n) is 12.0. The Labute approximate surface area is 334 Å². The minimum Gasteiger partial charge on any atom is -0.135 e. The Hall–Kier alpha value is -7.06. The molecule has 57 heavy (non-hydrogen) atoms. The number of thiophene rings is 1. The molecule has 0 radical (unpaired) electrons. The van der Waals surface area contributed by atoms with E-state index in [9.17, 15) is 0 Å². The Balaban J connectivity index is 1.22. The van der Waals surface area contributed by atoms with E-state index >= 15 is 0 Å². The Morgan fingerprint density at radius 1 is 0.228 bits per heavy atom. The maximum atomic E-state index is 2.37. The summed E-state index contributed by atoms with van der Waals surface area (Å²) >= 11 is 1.90. The first-order valence-corrected chi connectivity index (χ1v) is 20.5. The van der Waals surface area contributed by atoms with Crippen LogP contribution in [-0.4, -0.2) is 0 Å². The molecule has 0 N–H and O–H groups in total. The number of fused-ring (bicyclic) bond motifs is 8. The van der Waals surface area contributed by atoms with Gasteiger partial charge in [0.2, 0.25) is 0 Å². The second-order valence-corrected chi connectivity index (χ2v) is 16.1. The van der Waals surface area contributed by atoms with E-state index in [0.29, 0.717) is 0 Å². The molecular weight excluding hydrogens is 705 g/mol. The van der Waals surface area contributed by atoms with Crippen molar-refractivity contribution in [1.29, 1.82) is 0 Å². The summed E-state index contributed by atoms with van der Waals surface area (Å²) in [7, 11) is 0. The summed E-state index contributed by atoms with van der Waals surface area (Å²) in [5.74, 6) is 0. The summed E-state index contributed by atoms with van der Waals surface area (Å²) in [6.45, 7) is 0. The molecule has 0 atom stereocenters. The second kappa shape index (κ2) is 12.7. The molecule has 0 nitrogen and oxygen atoms in total. The van der Waals surface area contributed by atoms with E-state index in [1.165, 1.54) is 119 Å². The highest BCUT2D eigenvalue weighted by atomic mass is 32.1. The van der Waals surface area contributed by atoms with Crippen LogP contribution in [0.4, 0.5) is 0 Å². The van der Waals surface area contributed by atoms with Gasteiger partial charge in [0.25, 0.3) is 0 Å². The fraction of sp³-hybridized carbons (Fsp3) is 0. The van der Waals surface area contributed by atoms with Crippen LogP contribution >= 0.6 is 11.3 Å². The first kappa shape index (κ1) is 32.2. The van der Waals surface area contributed by atoms with Gasteiger partial charge >= 0.3 is 0 Å². The Kier molecular flexibility index (Phi) is 7.20.